The average molecular weight is 385 g/mol. The van der Waals surface area contributed by atoms with Gasteiger partial charge in [-0.1, -0.05) is 18.7 Å². The Morgan fingerprint density at radius 2 is 2.32 bits per heavy atom. The molecule has 0 aromatic heterocycles. The highest BCUT2D eigenvalue weighted by molar-refractivity contribution is 9.10. The second-order valence-electron chi connectivity index (χ2n) is 4.63. The van der Waals surface area contributed by atoms with Crippen molar-refractivity contribution >= 4 is 39.2 Å². The molecule has 116 valence electrons. The van der Waals surface area contributed by atoms with Crippen LogP contribution in [0.5, 0.6) is 0 Å². The molecule has 0 saturated heterocycles. The topological polar surface area (TPSA) is 50.4 Å². The smallest absolute Gasteiger partial charge is 0.338 e. The summed E-state index contributed by atoms with van der Waals surface area (Å²) in [5.74, 6) is -0.859. The highest BCUT2D eigenvalue weighted by atomic mass is 79.9. The number of hydrogen-bond donors (Lipinski definition) is 2. The normalized spacial score (nSPS) is 17.6. The maximum Gasteiger partial charge on any atom is 0.338 e. The van der Waals surface area contributed by atoms with Gasteiger partial charge in [0, 0.05) is 5.70 Å². The molecule has 0 bridgehead atoms. The lowest BCUT2D eigenvalue weighted by atomic mass is 9.96. The number of allylic oxidation sites excluding steroid dienone is 1. The molecule has 0 unspecified atom stereocenters. The fourth-order valence-electron chi connectivity index (χ4n) is 2.12. The summed E-state index contributed by atoms with van der Waals surface area (Å²) in [5, 5.41) is 6.30. The van der Waals surface area contributed by atoms with E-state index in [9.17, 15) is 9.18 Å². The van der Waals surface area contributed by atoms with Crippen LogP contribution in [-0.4, -0.2) is 17.7 Å². The number of carbonyl (C=O) groups is 1. The van der Waals surface area contributed by atoms with Gasteiger partial charge in [-0.05, 0) is 52.8 Å². The first kappa shape index (κ1) is 16.6. The predicted molar refractivity (Wildman–Crippen MR) is 89.6 cm³/mol. The zero-order chi connectivity index (χ0) is 16.3. The third kappa shape index (κ3) is 3.53. The molecular formula is C15H14BrFN2O2S. The molecule has 2 N–H and O–H groups in total. The van der Waals surface area contributed by atoms with Crippen molar-refractivity contribution in [1.29, 1.82) is 0 Å². The van der Waals surface area contributed by atoms with E-state index in [0.717, 1.165) is 0 Å². The van der Waals surface area contributed by atoms with E-state index >= 15 is 0 Å². The van der Waals surface area contributed by atoms with E-state index in [-0.39, 0.29) is 12.4 Å². The molecule has 0 fully saturated rings. The summed E-state index contributed by atoms with van der Waals surface area (Å²) < 4.78 is 18.9. The van der Waals surface area contributed by atoms with Gasteiger partial charge < -0.3 is 15.4 Å². The number of rotatable bonds is 4. The van der Waals surface area contributed by atoms with E-state index in [1.165, 1.54) is 12.1 Å². The van der Waals surface area contributed by atoms with E-state index in [2.05, 4.69) is 33.1 Å². The van der Waals surface area contributed by atoms with Gasteiger partial charge in [0.05, 0.1) is 16.1 Å². The van der Waals surface area contributed by atoms with E-state index < -0.39 is 12.0 Å². The summed E-state index contributed by atoms with van der Waals surface area (Å²) in [6.07, 6.45) is 1.49. The molecule has 1 heterocycles. The quantitative estimate of drug-likeness (QED) is 0.474. The van der Waals surface area contributed by atoms with Crippen molar-refractivity contribution in [3.05, 3.63) is 58.0 Å². The second-order valence-corrected chi connectivity index (χ2v) is 5.89. The first-order chi connectivity index (χ1) is 10.4. The first-order valence-electron chi connectivity index (χ1n) is 6.45. The summed E-state index contributed by atoms with van der Waals surface area (Å²) in [5.41, 5.74) is 1.69. The number of esters is 1. The minimum Gasteiger partial charge on any atom is -0.458 e. The summed E-state index contributed by atoms with van der Waals surface area (Å²) in [6.45, 7) is 5.36. The van der Waals surface area contributed by atoms with Crippen LogP contribution in [0.4, 0.5) is 4.39 Å². The van der Waals surface area contributed by atoms with Crippen LogP contribution in [0.3, 0.4) is 0 Å². The fraction of sp³-hybridized carbons (Fsp3) is 0.200. The van der Waals surface area contributed by atoms with Crippen LogP contribution in [0, 0.1) is 5.82 Å². The molecule has 7 heteroatoms. The van der Waals surface area contributed by atoms with Crippen molar-refractivity contribution < 1.29 is 13.9 Å². The number of halogens is 2. The Labute approximate surface area is 141 Å². The number of benzene rings is 1. The number of thiocarbonyl (C=S) groups is 1. The van der Waals surface area contributed by atoms with Gasteiger partial charge in [-0.15, -0.1) is 0 Å². The Morgan fingerprint density at radius 1 is 1.59 bits per heavy atom. The van der Waals surface area contributed by atoms with Gasteiger partial charge >= 0.3 is 5.97 Å². The van der Waals surface area contributed by atoms with Gasteiger partial charge in [-0.2, -0.15) is 0 Å². The van der Waals surface area contributed by atoms with Crippen molar-refractivity contribution in [2.45, 2.75) is 13.0 Å². The Kier molecular flexibility index (Phi) is 5.31. The summed E-state index contributed by atoms with van der Waals surface area (Å²) in [6, 6.07) is 4.02. The highest BCUT2D eigenvalue weighted by Crippen LogP contribution is 2.30. The van der Waals surface area contributed by atoms with Crippen LogP contribution in [0.15, 0.2) is 46.6 Å². The van der Waals surface area contributed by atoms with Crippen LogP contribution in [0.25, 0.3) is 0 Å². The van der Waals surface area contributed by atoms with E-state index in [1.807, 2.05) is 0 Å². The molecular weight excluding hydrogens is 371 g/mol. The number of carbonyl (C=O) groups excluding carboxylic acids is 1. The van der Waals surface area contributed by atoms with Crippen molar-refractivity contribution in [3.8, 4) is 0 Å². The maximum atomic E-state index is 13.4. The zero-order valence-electron chi connectivity index (χ0n) is 11.8. The van der Waals surface area contributed by atoms with Crippen LogP contribution in [-0.2, 0) is 9.53 Å². The van der Waals surface area contributed by atoms with Gasteiger partial charge in [-0.25, -0.2) is 9.18 Å². The standard InChI is InChI=1S/C15H14BrFN2O2S/c1-3-6-21-14(20)12-8(2)18-15(22)19-13(12)9-4-5-11(17)10(16)7-9/h3-5,7,13H,1,6H2,2H3,(H2,18,19,22)/t13-/m0/s1. The monoisotopic (exact) mass is 384 g/mol. The molecule has 22 heavy (non-hydrogen) atoms. The van der Waals surface area contributed by atoms with Crippen molar-refractivity contribution in [2.75, 3.05) is 6.61 Å². The lowest BCUT2D eigenvalue weighted by Gasteiger charge is -2.30. The highest BCUT2D eigenvalue weighted by Gasteiger charge is 2.31. The van der Waals surface area contributed by atoms with E-state index in [4.69, 9.17) is 17.0 Å². The Morgan fingerprint density at radius 3 is 2.95 bits per heavy atom. The molecule has 0 saturated carbocycles. The Bertz CT molecular complexity index is 676. The Hall–Kier alpha value is -1.73. The Balaban J connectivity index is 2.42. The number of hydrogen-bond acceptors (Lipinski definition) is 3. The van der Waals surface area contributed by atoms with Crippen molar-refractivity contribution in [3.63, 3.8) is 0 Å². The minimum atomic E-state index is -0.511. The molecule has 1 aromatic rings. The molecule has 1 atom stereocenters. The van der Waals surface area contributed by atoms with Crippen molar-refractivity contribution in [2.24, 2.45) is 0 Å². The van der Waals surface area contributed by atoms with Gasteiger partial charge in [0.2, 0.25) is 0 Å². The van der Waals surface area contributed by atoms with Gasteiger partial charge in [-0.3, -0.25) is 0 Å². The van der Waals surface area contributed by atoms with E-state index in [1.54, 1.807) is 19.1 Å². The molecule has 0 amide bonds. The molecule has 0 radical (unpaired) electrons. The number of ether oxygens (including phenoxy) is 1. The molecule has 4 nitrogen and oxygen atoms in total. The van der Waals surface area contributed by atoms with Crippen LogP contribution < -0.4 is 10.6 Å². The van der Waals surface area contributed by atoms with Crippen molar-refractivity contribution in [1.82, 2.24) is 10.6 Å². The van der Waals surface area contributed by atoms with Gasteiger partial charge in [0.1, 0.15) is 12.4 Å². The first-order valence-corrected chi connectivity index (χ1v) is 7.65. The number of nitrogens with one attached hydrogen (secondary N) is 2. The summed E-state index contributed by atoms with van der Waals surface area (Å²) >= 11 is 8.28. The fourth-order valence-corrected chi connectivity index (χ4v) is 2.79. The molecule has 2 rings (SSSR count). The third-order valence-corrected chi connectivity index (χ3v) is 3.93. The minimum absolute atomic E-state index is 0.111. The lowest BCUT2D eigenvalue weighted by Crippen LogP contribution is -2.45. The maximum absolute atomic E-state index is 13.4. The second kappa shape index (κ2) is 7.02. The molecule has 1 aliphatic heterocycles. The van der Waals surface area contributed by atoms with Crippen LogP contribution in [0.2, 0.25) is 0 Å². The molecule has 1 aliphatic rings. The van der Waals surface area contributed by atoms with Crippen LogP contribution in [0.1, 0.15) is 18.5 Å². The summed E-state index contributed by atoms with van der Waals surface area (Å²) in [4.78, 5) is 12.3. The lowest BCUT2D eigenvalue weighted by molar-refractivity contribution is -0.138. The molecule has 0 spiro atoms. The van der Waals surface area contributed by atoms with Crippen LogP contribution >= 0.6 is 28.1 Å². The molecule has 1 aromatic carbocycles. The largest absolute Gasteiger partial charge is 0.458 e. The zero-order valence-corrected chi connectivity index (χ0v) is 14.2. The SMILES string of the molecule is C=CCOC(=O)C1=C(C)NC(=S)N[C@H]1c1ccc(F)c(Br)c1. The molecule has 0 aliphatic carbocycles. The third-order valence-electron chi connectivity index (χ3n) is 3.10. The summed E-state index contributed by atoms with van der Waals surface area (Å²) in [7, 11) is 0. The predicted octanol–water partition coefficient (Wildman–Crippen LogP) is 3.11. The average Bonchev–Trinajstić information content (AvgIpc) is 2.46. The van der Waals surface area contributed by atoms with Gasteiger partial charge in [0.25, 0.3) is 0 Å². The van der Waals surface area contributed by atoms with Gasteiger partial charge in [0.15, 0.2) is 5.11 Å². The van der Waals surface area contributed by atoms with E-state index in [0.29, 0.717) is 26.4 Å².